The molecule has 3 heteroatoms. The van der Waals surface area contributed by atoms with Crippen molar-refractivity contribution in [2.24, 2.45) is 0 Å². The average molecular weight is 682 g/mol. The van der Waals surface area contributed by atoms with Gasteiger partial charge in [0.2, 0.25) is 0 Å². The SMILES string of the molecule is [2H]c1c([2H])c(N(c2ccc(-c3ccc4ccccc4c3)cc2)c2cccc3oc4c5ccccc5ccc4c23)c([2H])c([2H])c1-c1ccc2oc3ccccc3c2c1. The zero-order valence-corrected chi connectivity index (χ0v) is 28.4. The summed E-state index contributed by atoms with van der Waals surface area (Å²) in [6, 6.07) is 53.5. The van der Waals surface area contributed by atoms with Crippen LogP contribution in [-0.2, 0) is 0 Å². The molecule has 11 aromatic rings. The Kier molecular flexibility index (Phi) is 5.71. The van der Waals surface area contributed by atoms with Crippen LogP contribution < -0.4 is 4.90 Å². The van der Waals surface area contributed by atoms with Crippen molar-refractivity contribution in [1.82, 2.24) is 0 Å². The topological polar surface area (TPSA) is 29.5 Å². The van der Waals surface area contributed by atoms with E-state index < -0.39 is 0 Å². The summed E-state index contributed by atoms with van der Waals surface area (Å²) >= 11 is 0. The van der Waals surface area contributed by atoms with Crippen LogP contribution in [0.5, 0.6) is 0 Å². The first-order valence-corrected chi connectivity index (χ1v) is 17.7. The highest BCUT2D eigenvalue weighted by Crippen LogP contribution is 2.45. The van der Waals surface area contributed by atoms with Gasteiger partial charge in [-0.1, -0.05) is 121 Å². The summed E-state index contributed by atoms with van der Waals surface area (Å²) in [5, 5.41) is 7.84. The Bertz CT molecular complexity index is 3390. The van der Waals surface area contributed by atoms with Crippen LogP contribution in [0.1, 0.15) is 5.48 Å². The van der Waals surface area contributed by atoms with E-state index in [4.69, 9.17) is 8.83 Å². The standard InChI is InChI=1S/C50H31NO2/c1-2-10-36-30-37(17-16-32(36)8-1)33-18-24-39(25-19-33)51(45-13-7-15-48-49(45)43-28-22-35-9-3-4-11-41(35)50(43)53-48)40-26-20-34(21-27-40)38-23-29-47-44(31-38)42-12-5-6-14-46(42)52-47/h1-31H/i20D,21D,26D,27D. The number of hydrogen-bond donors (Lipinski definition) is 0. The van der Waals surface area contributed by atoms with Crippen molar-refractivity contribution in [2.75, 3.05) is 4.90 Å². The van der Waals surface area contributed by atoms with Crippen molar-refractivity contribution in [3.05, 3.63) is 188 Å². The van der Waals surface area contributed by atoms with E-state index in [1.165, 1.54) is 5.39 Å². The van der Waals surface area contributed by atoms with Crippen molar-refractivity contribution in [1.29, 1.82) is 0 Å². The highest BCUT2D eigenvalue weighted by Gasteiger charge is 2.21. The first-order chi connectivity index (χ1) is 27.9. The summed E-state index contributed by atoms with van der Waals surface area (Å²) in [5.41, 5.74) is 7.24. The van der Waals surface area contributed by atoms with Gasteiger partial charge in [-0.15, -0.1) is 0 Å². The molecular formula is C50H31NO2. The van der Waals surface area contributed by atoms with Gasteiger partial charge in [-0.3, -0.25) is 0 Å². The molecule has 0 saturated heterocycles. The fraction of sp³-hybridized carbons (Fsp3) is 0. The zero-order chi connectivity index (χ0) is 38.4. The minimum Gasteiger partial charge on any atom is -0.456 e. The van der Waals surface area contributed by atoms with E-state index in [0.29, 0.717) is 28.1 Å². The maximum atomic E-state index is 9.64. The lowest BCUT2D eigenvalue weighted by molar-refractivity contribution is 0.669. The average Bonchev–Trinajstić information content (AvgIpc) is 3.83. The zero-order valence-electron chi connectivity index (χ0n) is 32.4. The fourth-order valence-corrected chi connectivity index (χ4v) is 7.73. The van der Waals surface area contributed by atoms with Crippen molar-refractivity contribution < 1.29 is 14.3 Å². The molecule has 0 spiro atoms. The van der Waals surface area contributed by atoms with Crippen LogP contribution in [0.15, 0.2) is 197 Å². The second kappa shape index (κ2) is 11.7. The molecule has 0 bridgehead atoms. The van der Waals surface area contributed by atoms with Crippen LogP contribution in [0.4, 0.5) is 17.1 Å². The molecule has 248 valence electrons. The van der Waals surface area contributed by atoms with E-state index >= 15 is 0 Å². The lowest BCUT2D eigenvalue weighted by atomic mass is 10.00. The van der Waals surface area contributed by atoms with Gasteiger partial charge in [0.25, 0.3) is 0 Å². The summed E-state index contributed by atoms with van der Waals surface area (Å²) in [6.45, 7) is 0. The number of para-hydroxylation sites is 1. The van der Waals surface area contributed by atoms with Gasteiger partial charge in [0, 0.05) is 32.9 Å². The summed E-state index contributed by atoms with van der Waals surface area (Å²) in [4.78, 5) is 1.86. The molecule has 0 N–H and O–H groups in total. The van der Waals surface area contributed by atoms with Crippen LogP contribution >= 0.6 is 0 Å². The number of fused-ring (bicyclic) bond motifs is 9. The molecule has 0 amide bonds. The highest BCUT2D eigenvalue weighted by atomic mass is 16.3. The second-order valence-corrected chi connectivity index (χ2v) is 13.4. The molecule has 2 aromatic heterocycles. The third kappa shape index (κ3) is 4.82. The predicted octanol–water partition coefficient (Wildman–Crippen LogP) is 14.6. The van der Waals surface area contributed by atoms with Gasteiger partial charge >= 0.3 is 0 Å². The van der Waals surface area contributed by atoms with E-state index in [1.807, 2.05) is 114 Å². The summed E-state index contributed by atoms with van der Waals surface area (Å²) < 4.78 is 50.9. The van der Waals surface area contributed by atoms with Gasteiger partial charge in [0.05, 0.1) is 16.6 Å². The molecular weight excluding hydrogens is 647 g/mol. The molecule has 0 aliphatic carbocycles. The van der Waals surface area contributed by atoms with E-state index in [0.717, 1.165) is 60.0 Å². The molecule has 0 radical (unpaired) electrons. The minimum atomic E-state index is -0.156. The Morgan fingerprint density at radius 1 is 0.377 bits per heavy atom. The Balaban J connectivity index is 1.14. The van der Waals surface area contributed by atoms with E-state index in [2.05, 4.69) is 48.5 Å². The Morgan fingerprint density at radius 2 is 1.04 bits per heavy atom. The fourth-order valence-electron chi connectivity index (χ4n) is 7.73. The van der Waals surface area contributed by atoms with Crippen LogP contribution in [0.25, 0.3) is 87.7 Å². The third-order valence-corrected chi connectivity index (χ3v) is 10.3. The second-order valence-electron chi connectivity index (χ2n) is 13.4. The van der Waals surface area contributed by atoms with Crippen molar-refractivity contribution in [3.63, 3.8) is 0 Å². The van der Waals surface area contributed by atoms with E-state index in [-0.39, 0.29) is 35.4 Å². The van der Waals surface area contributed by atoms with Crippen LogP contribution in [0, 0.1) is 0 Å². The molecule has 0 saturated carbocycles. The number of nitrogens with zero attached hydrogens (tertiary/aromatic N) is 1. The van der Waals surface area contributed by atoms with Gasteiger partial charge in [-0.05, 0) is 105 Å². The third-order valence-electron chi connectivity index (χ3n) is 10.3. The number of hydrogen-bond acceptors (Lipinski definition) is 3. The number of rotatable bonds is 5. The predicted molar refractivity (Wildman–Crippen MR) is 222 cm³/mol. The van der Waals surface area contributed by atoms with Gasteiger partial charge in [-0.25, -0.2) is 0 Å². The summed E-state index contributed by atoms with van der Waals surface area (Å²) in [6.07, 6.45) is 0. The maximum absolute atomic E-state index is 9.64. The van der Waals surface area contributed by atoms with Gasteiger partial charge in [0.1, 0.15) is 22.3 Å². The molecule has 0 atom stereocenters. The van der Waals surface area contributed by atoms with Crippen LogP contribution in [-0.4, -0.2) is 0 Å². The maximum Gasteiger partial charge on any atom is 0.143 e. The van der Waals surface area contributed by atoms with E-state index in [9.17, 15) is 5.48 Å². The lowest BCUT2D eigenvalue weighted by Gasteiger charge is -2.26. The molecule has 3 nitrogen and oxygen atoms in total. The first kappa shape index (κ1) is 25.8. The highest BCUT2D eigenvalue weighted by molar-refractivity contribution is 6.19. The number of benzene rings is 9. The largest absolute Gasteiger partial charge is 0.456 e. The Hall–Kier alpha value is -7.10. The van der Waals surface area contributed by atoms with Crippen molar-refractivity contribution in [2.45, 2.75) is 0 Å². The van der Waals surface area contributed by atoms with Gasteiger partial charge in [0.15, 0.2) is 0 Å². The molecule has 53 heavy (non-hydrogen) atoms. The van der Waals surface area contributed by atoms with Crippen LogP contribution in [0.3, 0.4) is 0 Å². The van der Waals surface area contributed by atoms with E-state index in [1.54, 1.807) is 6.07 Å². The summed E-state index contributed by atoms with van der Waals surface area (Å²) in [7, 11) is 0. The molecule has 11 rings (SSSR count). The molecule has 9 aromatic carbocycles. The first-order valence-electron chi connectivity index (χ1n) is 19.7. The van der Waals surface area contributed by atoms with Crippen molar-refractivity contribution >= 4 is 82.5 Å². The molecule has 2 heterocycles. The monoisotopic (exact) mass is 681 g/mol. The minimum absolute atomic E-state index is 0.133. The Labute approximate surface area is 311 Å². The van der Waals surface area contributed by atoms with Gasteiger partial charge < -0.3 is 13.7 Å². The van der Waals surface area contributed by atoms with Crippen molar-refractivity contribution in [3.8, 4) is 22.3 Å². The Morgan fingerprint density at radius 3 is 1.91 bits per heavy atom. The molecule has 0 fully saturated rings. The lowest BCUT2D eigenvalue weighted by Crippen LogP contribution is -2.10. The molecule has 0 aliphatic heterocycles. The number of anilines is 3. The smallest absolute Gasteiger partial charge is 0.143 e. The van der Waals surface area contributed by atoms with Gasteiger partial charge in [-0.2, -0.15) is 0 Å². The molecule has 0 aliphatic rings. The molecule has 0 unspecified atom stereocenters. The summed E-state index contributed by atoms with van der Waals surface area (Å²) in [5.74, 6) is 0. The van der Waals surface area contributed by atoms with Crippen LogP contribution in [0.2, 0.25) is 0 Å². The number of furan rings is 2. The quantitative estimate of drug-likeness (QED) is 0.181. The normalized spacial score (nSPS) is 12.8.